The van der Waals surface area contributed by atoms with Crippen molar-refractivity contribution in [3.8, 4) is 0 Å². The largest absolute Gasteiger partial charge is 0.352 e. The van der Waals surface area contributed by atoms with Crippen LogP contribution in [0, 0.1) is 0 Å². The van der Waals surface area contributed by atoms with E-state index in [1.165, 1.54) is 16.7 Å². The summed E-state index contributed by atoms with van der Waals surface area (Å²) in [6, 6.07) is 6.95. The van der Waals surface area contributed by atoms with Crippen LogP contribution in [-0.4, -0.2) is 35.0 Å². The second kappa shape index (κ2) is 7.88. The summed E-state index contributed by atoms with van der Waals surface area (Å²) in [5.41, 5.74) is 3.87. The quantitative estimate of drug-likeness (QED) is 0.432. The van der Waals surface area contributed by atoms with Gasteiger partial charge in [0.1, 0.15) is 0 Å². The van der Waals surface area contributed by atoms with E-state index in [1.54, 1.807) is 0 Å². The number of thioether (sulfide) groups is 1. The summed E-state index contributed by atoms with van der Waals surface area (Å²) < 4.78 is 0. The molecule has 0 bridgehead atoms. The van der Waals surface area contributed by atoms with Crippen LogP contribution in [0.4, 0.5) is 4.79 Å². The van der Waals surface area contributed by atoms with E-state index in [2.05, 4.69) is 39.5 Å². The molecule has 2 saturated heterocycles. The van der Waals surface area contributed by atoms with Crippen molar-refractivity contribution in [3.63, 3.8) is 0 Å². The Balaban J connectivity index is 1.13. The Labute approximate surface area is 158 Å². The monoisotopic (exact) mass is 374 g/mol. The Kier molecular flexibility index (Phi) is 5.36. The maximum Gasteiger partial charge on any atom is 0.315 e. The van der Waals surface area contributed by atoms with Crippen LogP contribution in [0.1, 0.15) is 42.4 Å². The summed E-state index contributed by atoms with van der Waals surface area (Å²) >= 11 is 1.93. The van der Waals surface area contributed by atoms with Gasteiger partial charge in [0, 0.05) is 37.1 Å². The number of carbonyl (C=O) groups excluding carboxylic acids is 2. The first-order chi connectivity index (χ1) is 12.7. The van der Waals surface area contributed by atoms with Crippen molar-refractivity contribution in [3.05, 3.63) is 34.9 Å². The van der Waals surface area contributed by atoms with E-state index in [4.69, 9.17) is 0 Å². The predicted octanol–water partition coefficient (Wildman–Crippen LogP) is 1.63. The van der Waals surface area contributed by atoms with Gasteiger partial charge >= 0.3 is 6.03 Å². The maximum absolute atomic E-state index is 12.1. The van der Waals surface area contributed by atoms with Gasteiger partial charge in [0.25, 0.3) is 0 Å². The van der Waals surface area contributed by atoms with Crippen molar-refractivity contribution < 1.29 is 9.59 Å². The molecule has 0 unspecified atom stereocenters. The van der Waals surface area contributed by atoms with Crippen LogP contribution in [0.25, 0.3) is 0 Å². The molecular weight excluding hydrogens is 348 g/mol. The van der Waals surface area contributed by atoms with Crippen LogP contribution in [0.2, 0.25) is 0 Å². The normalized spacial score (nSPS) is 26.2. The van der Waals surface area contributed by atoms with Crippen molar-refractivity contribution in [1.82, 2.24) is 21.3 Å². The van der Waals surface area contributed by atoms with Crippen molar-refractivity contribution in [2.75, 3.05) is 5.75 Å². The minimum absolute atomic E-state index is 0.0352. The lowest BCUT2D eigenvalue weighted by molar-refractivity contribution is -0.121. The van der Waals surface area contributed by atoms with E-state index in [0.29, 0.717) is 18.2 Å². The van der Waals surface area contributed by atoms with Gasteiger partial charge in [0.15, 0.2) is 0 Å². The van der Waals surface area contributed by atoms with Gasteiger partial charge in [0.05, 0.1) is 12.1 Å². The Morgan fingerprint density at radius 3 is 3.00 bits per heavy atom. The molecule has 140 valence electrons. The first-order valence-electron chi connectivity index (χ1n) is 9.46. The zero-order chi connectivity index (χ0) is 17.9. The molecule has 6 nitrogen and oxygen atoms in total. The van der Waals surface area contributed by atoms with Gasteiger partial charge in [0.2, 0.25) is 5.91 Å². The van der Waals surface area contributed by atoms with E-state index in [0.717, 1.165) is 38.1 Å². The summed E-state index contributed by atoms with van der Waals surface area (Å²) in [7, 11) is 0. The molecule has 0 aromatic heterocycles. The molecule has 0 radical (unpaired) electrons. The second-order valence-corrected chi connectivity index (χ2v) is 8.62. The summed E-state index contributed by atoms with van der Waals surface area (Å²) in [5, 5.41) is 12.8. The van der Waals surface area contributed by atoms with Gasteiger partial charge in [-0.1, -0.05) is 24.6 Å². The molecule has 2 fully saturated rings. The number of unbranched alkanes of at least 4 members (excludes halogenated alkanes) is 1. The highest BCUT2D eigenvalue weighted by Crippen LogP contribution is 2.33. The summed E-state index contributed by atoms with van der Waals surface area (Å²) in [5.74, 6) is 1.11. The number of fused-ring (bicyclic) bond motifs is 2. The third kappa shape index (κ3) is 3.99. The van der Waals surface area contributed by atoms with Crippen molar-refractivity contribution in [1.29, 1.82) is 0 Å². The lowest BCUT2D eigenvalue weighted by atomic mass is 10.0. The number of nitrogens with one attached hydrogen (secondary N) is 4. The lowest BCUT2D eigenvalue weighted by Gasteiger charge is -2.16. The highest BCUT2D eigenvalue weighted by atomic mass is 32.2. The Morgan fingerprint density at radius 2 is 2.08 bits per heavy atom. The van der Waals surface area contributed by atoms with Crippen LogP contribution in [0.3, 0.4) is 0 Å². The third-order valence-corrected chi connectivity index (χ3v) is 6.98. The molecule has 4 rings (SSSR count). The Morgan fingerprint density at radius 1 is 1.19 bits per heavy atom. The summed E-state index contributed by atoms with van der Waals surface area (Å²) in [6.45, 7) is 2.47. The van der Waals surface area contributed by atoms with Gasteiger partial charge in [-0.3, -0.25) is 4.79 Å². The van der Waals surface area contributed by atoms with Gasteiger partial charge in [-0.2, -0.15) is 11.8 Å². The molecule has 0 spiro atoms. The predicted molar refractivity (Wildman–Crippen MR) is 103 cm³/mol. The third-order valence-electron chi connectivity index (χ3n) is 5.47. The fourth-order valence-corrected chi connectivity index (χ4v) is 5.56. The van der Waals surface area contributed by atoms with E-state index in [-0.39, 0.29) is 24.0 Å². The van der Waals surface area contributed by atoms with E-state index in [9.17, 15) is 9.59 Å². The average molecular weight is 375 g/mol. The highest BCUT2D eigenvalue weighted by Gasteiger charge is 2.42. The number of hydrogen-bond acceptors (Lipinski definition) is 4. The molecule has 3 atom stereocenters. The van der Waals surface area contributed by atoms with E-state index in [1.807, 2.05) is 11.8 Å². The van der Waals surface area contributed by atoms with Crippen LogP contribution in [0.5, 0.6) is 0 Å². The van der Waals surface area contributed by atoms with Crippen LogP contribution in [0.15, 0.2) is 18.2 Å². The molecule has 7 heteroatoms. The molecule has 3 aliphatic heterocycles. The van der Waals surface area contributed by atoms with Crippen molar-refractivity contribution in [2.24, 2.45) is 0 Å². The molecule has 3 heterocycles. The van der Waals surface area contributed by atoms with Crippen LogP contribution >= 0.6 is 11.8 Å². The zero-order valence-corrected chi connectivity index (χ0v) is 15.7. The number of hydrogen-bond donors (Lipinski definition) is 4. The number of rotatable bonds is 7. The first kappa shape index (κ1) is 17.7. The maximum atomic E-state index is 12.1. The fourth-order valence-electron chi connectivity index (χ4n) is 4.02. The summed E-state index contributed by atoms with van der Waals surface area (Å²) in [4.78, 5) is 23.5. The molecule has 0 saturated carbocycles. The number of urea groups is 1. The molecule has 3 aliphatic rings. The molecule has 1 aromatic rings. The van der Waals surface area contributed by atoms with Crippen molar-refractivity contribution >= 4 is 23.7 Å². The molecule has 3 amide bonds. The molecule has 1 aromatic carbocycles. The van der Waals surface area contributed by atoms with E-state index >= 15 is 0 Å². The molecule has 26 heavy (non-hydrogen) atoms. The smallest absolute Gasteiger partial charge is 0.315 e. The number of benzene rings is 1. The topological polar surface area (TPSA) is 82.3 Å². The van der Waals surface area contributed by atoms with Gasteiger partial charge in [-0.05, 0) is 29.5 Å². The SMILES string of the molecule is O=C(CCCC[C@@H]1SC[C@@H]2NC(=O)N[C@@H]21)NCc1ccc2c(c1)CNC2. The van der Waals surface area contributed by atoms with Gasteiger partial charge < -0.3 is 21.3 Å². The Bertz CT molecular complexity index is 696. The van der Waals surface area contributed by atoms with Crippen molar-refractivity contribution in [2.45, 2.75) is 62.7 Å². The second-order valence-electron chi connectivity index (χ2n) is 7.35. The molecule has 0 aliphatic carbocycles. The fraction of sp³-hybridized carbons (Fsp3) is 0.579. The highest BCUT2D eigenvalue weighted by molar-refractivity contribution is 8.00. The zero-order valence-electron chi connectivity index (χ0n) is 14.8. The van der Waals surface area contributed by atoms with Gasteiger partial charge in [-0.15, -0.1) is 0 Å². The summed E-state index contributed by atoms with van der Waals surface area (Å²) in [6.07, 6.45) is 3.55. The van der Waals surface area contributed by atoms with E-state index < -0.39 is 0 Å². The molecule has 4 N–H and O–H groups in total. The minimum Gasteiger partial charge on any atom is -0.352 e. The first-order valence-corrected chi connectivity index (χ1v) is 10.5. The lowest BCUT2D eigenvalue weighted by Crippen LogP contribution is -2.36. The standard InChI is InChI=1S/C19H26N4O2S/c24-17(21-8-12-5-6-13-9-20-10-14(13)7-12)4-2-1-3-16-18-15(11-26-16)22-19(25)23-18/h5-7,15-16,18,20H,1-4,8-11H2,(H,21,24)(H2,22,23,25)/t15-,16-,18-/m0/s1. The van der Waals surface area contributed by atoms with Crippen LogP contribution < -0.4 is 21.3 Å². The van der Waals surface area contributed by atoms with Crippen LogP contribution in [-0.2, 0) is 24.4 Å². The number of carbonyl (C=O) groups is 2. The van der Waals surface area contributed by atoms with Gasteiger partial charge in [-0.25, -0.2) is 4.79 Å². The minimum atomic E-state index is -0.0352. The average Bonchev–Trinajstić information content (AvgIpc) is 3.32. The molecular formula is C19H26N4O2S. The number of amides is 3. The Hall–Kier alpha value is -1.73.